The molecule has 10 saturated heterocycles. The molecule has 10 heterocycles. The fourth-order valence-corrected chi connectivity index (χ4v) is 93.6. The number of aliphatic hydroxyl groups is 1. The first-order valence-electron chi connectivity index (χ1n) is 6.34. The third kappa shape index (κ3) is 0.0388. The molecule has 0 saturated carbocycles. The minimum atomic E-state index is -3.34. The molecule has 3 heteroatoms. The van der Waals surface area contributed by atoms with E-state index >= 15 is 0 Å². The van der Waals surface area contributed by atoms with Crippen LogP contribution in [0.5, 0.6) is 0 Å². The summed E-state index contributed by atoms with van der Waals surface area (Å²) >= 11 is 0. The molecule has 0 radical (unpaired) electrons. The molecule has 0 bridgehead atoms. The number of hydrogen-bond acceptors (Lipinski definition) is 2. The standard InChI is InChI=1S/C6H7O.C6H5O.Fe/c2*7-5-6-3-1-2-4-6;/h1-4,7H,5H2;1-5H;. The van der Waals surface area contributed by atoms with Crippen molar-refractivity contribution in [2.24, 2.45) is 0 Å². The van der Waals surface area contributed by atoms with Crippen molar-refractivity contribution in [1.82, 2.24) is 0 Å². The minimum absolute atomic E-state index is 0.358. The molecule has 1 N–H and O–H groups in total. The van der Waals surface area contributed by atoms with E-state index in [1.807, 2.05) is 0 Å². The number of carbonyl (C=O) groups is 1. The van der Waals surface area contributed by atoms with E-state index in [0.29, 0.717) is 15.2 Å². The molecule has 80 valence electrons. The van der Waals surface area contributed by atoms with E-state index in [9.17, 15) is 9.90 Å². The van der Waals surface area contributed by atoms with Crippen LogP contribution in [-0.2, 0) is 11.3 Å². The average molecular weight is 244 g/mol. The van der Waals surface area contributed by atoms with Crippen molar-refractivity contribution < 1.29 is 16.4 Å². The molecule has 10 aliphatic rings. The van der Waals surface area contributed by atoms with Gasteiger partial charge in [0.25, 0.3) is 0 Å². The second-order valence-corrected chi connectivity index (χ2v) is 33.6. The summed E-state index contributed by atoms with van der Waals surface area (Å²) in [5.74, 6) is 0. The molecule has 0 aliphatic carbocycles. The van der Waals surface area contributed by atoms with Crippen molar-refractivity contribution in [3.8, 4) is 0 Å². The van der Waals surface area contributed by atoms with E-state index in [4.69, 9.17) is 0 Å². The fourth-order valence-electron chi connectivity index (χ4n) is 17.9. The van der Waals surface area contributed by atoms with Gasteiger partial charge >= 0.3 is 76.5 Å². The third-order valence-corrected chi connectivity index (χ3v) is 59.1. The van der Waals surface area contributed by atoms with Gasteiger partial charge in [0.05, 0.1) is 0 Å². The summed E-state index contributed by atoms with van der Waals surface area (Å²) in [6.07, 6.45) is 1.48. The fraction of sp³-hybridized carbons (Fsp3) is 0.917. The van der Waals surface area contributed by atoms with Gasteiger partial charge in [0.1, 0.15) is 0 Å². The Morgan fingerprint density at radius 3 is 1.80 bits per heavy atom. The molecule has 0 aromatic carbocycles. The molecular formula is C12H12FeO2. The summed E-state index contributed by atoms with van der Waals surface area (Å²) in [7, 11) is 0. The van der Waals surface area contributed by atoms with Crippen LogP contribution in [0, 0.1) is 0 Å². The van der Waals surface area contributed by atoms with Gasteiger partial charge in [-0.3, -0.25) is 0 Å². The predicted octanol–water partition coefficient (Wildman–Crippen LogP) is 2.31. The molecule has 10 fully saturated rings. The number of hydrogen-bond donors (Lipinski definition) is 1. The van der Waals surface area contributed by atoms with Crippen LogP contribution < -0.4 is 0 Å². The molecule has 8 unspecified atom stereocenters. The van der Waals surface area contributed by atoms with Gasteiger partial charge in [-0.05, 0) is 0 Å². The van der Waals surface area contributed by atoms with E-state index in [2.05, 4.69) is 0 Å². The van der Waals surface area contributed by atoms with Crippen molar-refractivity contribution in [3.05, 3.63) is 0 Å². The first-order valence-corrected chi connectivity index (χ1v) is 12.5. The van der Waals surface area contributed by atoms with Crippen molar-refractivity contribution in [1.29, 1.82) is 0 Å². The van der Waals surface area contributed by atoms with Crippen LogP contribution >= 0.6 is 0 Å². The van der Waals surface area contributed by atoms with Crippen LogP contribution in [0.3, 0.4) is 0 Å². The first kappa shape index (κ1) is 5.20. The number of carbonyl (C=O) groups excluding carboxylic acids is 1. The van der Waals surface area contributed by atoms with Gasteiger partial charge in [0.2, 0.25) is 0 Å². The Hall–Kier alpha value is 0.149. The van der Waals surface area contributed by atoms with Crippen LogP contribution in [0.15, 0.2) is 0 Å². The molecule has 0 aromatic rings. The molecule has 0 amide bonds. The van der Waals surface area contributed by atoms with E-state index in [-0.39, 0.29) is 0 Å². The van der Waals surface area contributed by atoms with Gasteiger partial charge in [-0.2, -0.15) is 0 Å². The number of aldehydes is 1. The zero-order valence-electron chi connectivity index (χ0n) is 8.11. The molecule has 1 spiro atoms. The number of fused-ring (bicyclic) bond motifs is 10. The number of aliphatic hydroxyl groups excluding tert-OH is 1. The monoisotopic (exact) mass is 244 g/mol. The van der Waals surface area contributed by atoms with Crippen molar-refractivity contribution >= 4 is 6.29 Å². The molecule has 0 aromatic heterocycles. The summed E-state index contributed by atoms with van der Waals surface area (Å²) in [5.41, 5.74) is 0. The Kier molecular flexibility index (Phi) is 0.123. The maximum atomic E-state index is 11.8. The van der Waals surface area contributed by atoms with Crippen LogP contribution in [0.25, 0.3) is 0 Å². The van der Waals surface area contributed by atoms with Gasteiger partial charge in [-0.15, -0.1) is 0 Å². The molecule has 10 rings (SSSR count). The summed E-state index contributed by atoms with van der Waals surface area (Å²) in [4.78, 5) is 20.4. The topological polar surface area (TPSA) is 37.3 Å². The zero-order valence-corrected chi connectivity index (χ0v) is 9.22. The molecule has 10 aliphatic heterocycles. The molecule has 2 nitrogen and oxygen atoms in total. The Morgan fingerprint density at radius 1 is 1.07 bits per heavy atom. The van der Waals surface area contributed by atoms with Gasteiger partial charge in [0.15, 0.2) is 0 Å². The Labute approximate surface area is 76.7 Å². The van der Waals surface area contributed by atoms with E-state index < -0.39 is 6.51 Å². The van der Waals surface area contributed by atoms with Gasteiger partial charge < -0.3 is 0 Å². The summed E-state index contributed by atoms with van der Waals surface area (Å²) in [6.45, 7) is -2.83. The first-order chi connectivity index (χ1) is 7.05. The Bertz CT molecular complexity index is 970. The second kappa shape index (κ2) is 0.354. The van der Waals surface area contributed by atoms with Crippen LogP contribution in [0.2, 0.25) is 47.2 Å². The summed E-state index contributed by atoms with van der Waals surface area (Å²) in [6, 6.07) is 0. The van der Waals surface area contributed by atoms with Crippen molar-refractivity contribution in [3.63, 3.8) is 0 Å². The van der Waals surface area contributed by atoms with Crippen LogP contribution in [0.1, 0.15) is 0 Å². The zero-order chi connectivity index (χ0) is 9.35. The maximum absolute atomic E-state index is 11.8. The van der Waals surface area contributed by atoms with Crippen molar-refractivity contribution in [2.45, 2.75) is 47.2 Å². The van der Waals surface area contributed by atoms with Crippen LogP contribution in [0.4, 0.5) is 0 Å². The predicted molar refractivity (Wildman–Crippen MR) is 48.5 cm³/mol. The van der Waals surface area contributed by atoms with Crippen LogP contribution in [-0.4, -0.2) is 18.0 Å². The van der Waals surface area contributed by atoms with Gasteiger partial charge in [-0.25, -0.2) is 0 Å². The van der Waals surface area contributed by atoms with Gasteiger partial charge in [-0.1, -0.05) is 0 Å². The molecular weight excluding hydrogens is 232 g/mol. The van der Waals surface area contributed by atoms with Gasteiger partial charge in [0, 0.05) is 0 Å². The van der Waals surface area contributed by atoms with E-state index in [1.54, 1.807) is 0 Å². The van der Waals surface area contributed by atoms with Crippen molar-refractivity contribution in [2.75, 3.05) is 6.61 Å². The summed E-state index contributed by atoms with van der Waals surface area (Å²) in [5, 5.41) is 9.99. The summed E-state index contributed by atoms with van der Waals surface area (Å²) < 4.78 is 0.881. The Balaban J connectivity index is 1.92. The molecule has 8 atom stereocenters. The normalized spacial score (nSPS) is 138. The third-order valence-electron chi connectivity index (χ3n) is 15.6. The average Bonchev–Trinajstić information content (AvgIpc) is 3.22. The SMILES string of the molecule is O=C[C]12[CH]3[CH]4[CH]5[CH]1[Fe]45321678[CH]2[CH]1[CH]6[C]7(CO)[CH]28. The molecule has 15 heavy (non-hydrogen) atoms. The quantitative estimate of drug-likeness (QED) is 0.597. The van der Waals surface area contributed by atoms with E-state index in [0.717, 1.165) is 38.5 Å². The van der Waals surface area contributed by atoms with E-state index in [1.165, 1.54) is 6.29 Å². The second-order valence-electron chi connectivity index (χ2n) is 10.3. The Morgan fingerprint density at radius 2 is 1.60 bits per heavy atom. The number of rotatable bonds is 2.